The third kappa shape index (κ3) is 15.9. The molecule has 14 N–H and O–H groups in total. The van der Waals surface area contributed by atoms with Crippen LogP contribution in [0.4, 0.5) is 31.5 Å². The van der Waals surface area contributed by atoms with Gasteiger partial charge in [0.15, 0.2) is 5.96 Å². The van der Waals surface area contributed by atoms with E-state index in [2.05, 4.69) is 41.2 Å². The molecule has 0 radical (unpaired) electrons. The van der Waals surface area contributed by atoms with Crippen LogP contribution in [-0.4, -0.2) is 83.1 Å². The molecule has 2 aromatic carbocycles. The molecule has 0 aliphatic carbocycles. The highest BCUT2D eigenvalue weighted by Crippen LogP contribution is 2.37. The number of aliphatic imine (C=N–C) groups is 2. The Labute approximate surface area is 337 Å². The molecule has 4 amide bonds. The number of unbranched alkanes of at least 4 members (excludes halogenated alkanes) is 2. The predicted molar refractivity (Wildman–Crippen MR) is 223 cm³/mol. The van der Waals surface area contributed by atoms with E-state index in [9.17, 15) is 28.0 Å². The van der Waals surface area contributed by atoms with Crippen LogP contribution in [0.2, 0.25) is 0 Å². The summed E-state index contributed by atoms with van der Waals surface area (Å²) in [7, 11) is 0. The van der Waals surface area contributed by atoms with Gasteiger partial charge in [-0.2, -0.15) is 0 Å². The van der Waals surface area contributed by atoms with Gasteiger partial charge < -0.3 is 49.9 Å². The molecule has 0 spiro atoms. The zero-order chi connectivity index (χ0) is 41.7. The zero-order valence-corrected chi connectivity index (χ0v) is 33.2. The number of halogens is 2. The number of hydrogen-bond donors (Lipinski definition) is 9. The van der Waals surface area contributed by atoms with E-state index in [4.69, 9.17) is 28.7 Å². The second-order valence-corrected chi connectivity index (χ2v) is 14.4. The van der Waals surface area contributed by atoms with Crippen molar-refractivity contribution in [3.05, 3.63) is 59.7 Å². The van der Waals surface area contributed by atoms with Crippen molar-refractivity contribution in [3.63, 3.8) is 0 Å². The van der Waals surface area contributed by atoms with E-state index in [1.807, 2.05) is 6.92 Å². The number of rotatable bonds is 23. The maximum absolute atomic E-state index is 14.9. The van der Waals surface area contributed by atoms with E-state index in [-0.39, 0.29) is 71.9 Å². The molecule has 0 fully saturated rings. The Morgan fingerprint density at radius 2 is 1.07 bits per heavy atom. The van der Waals surface area contributed by atoms with Crippen LogP contribution in [0.5, 0.6) is 0 Å². The van der Waals surface area contributed by atoms with Crippen LogP contribution in [0, 0.1) is 11.6 Å². The first kappa shape index (κ1) is 46.0. The highest BCUT2D eigenvalue weighted by Gasteiger charge is 2.21. The lowest BCUT2D eigenvalue weighted by Gasteiger charge is -2.17. The summed E-state index contributed by atoms with van der Waals surface area (Å²) in [6.07, 6.45) is 4.05. The molecule has 57 heavy (non-hydrogen) atoms. The topological polar surface area (TPSA) is 297 Å². The minimum atomic E-state index is -0.820. The second kappa shape index (κ2) is 24.3. The van der Waals surface area contributed by atoms with Gasteiger partial charge >= 0.3 is 0 Å². The van der Waals surface area contributed by atoms with Crippen molar-refractivity contribution in [2.45, 2.75) is 61.7 Å². The van der Waals surface area contributed by atoms with Gasteiger partial charge in [-0.3, -0.25) is 29.2 Å². The van der Waals surface area contributed by atoms with Crippen molar-refractivity contribution in [1.82, 2.24) is 9.97 Å². The first-order valence-corrected chi connectivity index (χ1v) is 20.0. The monoisotopic (exact) mass is 829 g/mol. The summed E-state index contributed by atoms with van der Waals surface area (Å²) in [5, 5.41) is 10.6. The van der Waals surface area contributed by atoms with E-state index in [1.165, 1.54) is 23.5 Å². The lowest BCUT2D eigenvalue weighted by Crippen LogP contribution is -2.23. The fourth-order valence-corrected chi connectivity index (χ4v) is 6.64. The van der Waals surface area contributed by atoms with E-state index < -0.39 is 29.4 Å². The number of benzene rings is 2. The number of hydrogen-bond acceptors (Lipinski definition) is 12. The van der Waals surface area contributed by atoms with Crippen LogP contribution in [0.15, 0.2) is 56.4 Å². The minimum Gasteiger partial charge on any atom is -0.387 e. The molecular weight excluding hydrogens is 781 g/mol. The number of aromatic nitrogens is 2. The number of guanidine groups is 1. The Morgan fingerprint density at radius 3 is 1.47 bits per heavy atom. The number of amides is 4. The molecule has 3 rings (SSSR count). The van der Waals surface area contributed by atoms with E-state index in [0.29, 0.717) is 72.3 Å². The van der Waals surface area contributed by atoms with Crippen LogP contribution >= 0.6 is 23.5 Å². The Balaban J connectivity index is 1.79. The average Bonchev–Trinajstić information content (AvgIpc) is 3.16. The Hall–Kier alpha value is -5.38. The smallest absolute Gasteiger partial charge is 0.274 e. The van der Waals surface area contributed by atoms with Gasteiger partial charge in [-0.25, -0.2) is 18.7 Å². The molecule has 17 nitrogen and oxygen atoms in total. The predicted octanol–water partition coefficient (Wildman–Crippen LogP) is 3.62. The van der Waals surface area contributed by atoms with Gasteiger partial charge in [0, 0.05) is 63.0 Å². The summed E-state index contributed by atoms with van der Waals surface area (Å²) in [4.78, 5) is 69.2. The fraction of sp³-hybridized carbons (Fsp3) is 0.389. The number of amidine groups is 1. The first-order chi connectivity index (χ1) is 27.3. The molecule has 0 unspecified atom stereocenters. The van der Waals surface area contributed by atoms with Gasteiger partial charge in [0.05, 0.1) is 38.4 Å². The Morgan fingerprint density at radius 1 is 0.649 bits per heavy atom. The second-order valence-electron chi connectivity index (χ2n) is 12.2. The van der Waals surface area contributed by atoms with Crippen molar-refractivity contribution in [3.8, 4) is 0 Å². The van der Waals surface area contributed by atoms with Crippen molar-refractivity contribution < 1.29 is 28.0 Å². The van der Waals surface area contributed by atoms with Crippen molar-refractivity contribution in [2.24, 2.45) is 38.7 Å². The molecule has 308 valence electrons. The van der Waals surface area contributed by atoms with E-state index in [1.54, 1.807) is 0 Å². The van der Waals surface area contributed by atoms with Gasteiger partial charge in [-0.1, -0.05) is 6.92 Å². The van der Waals surface area contributed by atoms with Gasteiger partial charge in [-0.05, 0) is 49.9 Å². The van der Waals surface area contributed by atoms with Crippen molar-refractivity contribution >= 4 is 81.7 Å². The number of carbonyl (C=O) groups is 4. The maximum atomic E-state index is 14.9. The minimum absolute atomic E-state index is 0.0247. The lowest BCUT2D eigenvalue weighted by atomic mass is 10.2. The summed E-state index contributed by atoms with van der Waals surface area (Å²) >= 11 is 2.39. The standard InChI is InChI=1S/C36H49F2N13O4S2/c1-2-29(41)44-11-5-3-7-30(52)48-23-15-21(37)17-25(32(23)56-13-9-39)50-34(54)27-19-28(47-20-46-27)35(55)51-26-18-22(38)16-24(33(26)57-14-10-40)49-31(53)8-4-6-12-45-36(42)43/h15-20H,2-14,39-40H2,1H3,(H2,41,44)(H,48,52)(H,49,53)(H,50,54)(H,51,55)(H4,42,43,45). The number of anilines is 4. The summed E-state index contributed by atoms with van der Waals surface area (Å²) in [6.45, 7) is 3.23. The highest BCUT2D eigenvalue weighted by molar-refractivity contribution is 7.99. The molecule has 0 aliphatic rings. The van der Waals surface area contributed by atoms with Gasteiger partial charge in [0.2, 0.25) is 11.8 Å². The Bertz CT molecular complexity index is 1930. The first-order valence-electron chi connectivity index (χ1n) is 18.1. The molecular formula is C36H49F2N13O4S2. The number of nitrogens with two attached hydrogens (primary N) is 5. The molecule has 1 aromatic heterocycles. The summed E-state index contributed by atoms with van der Waals surface area (Å²) < 4.78 is 29.8. The summed E-state index contributed by atoms with van der Waals surface area (Å²) in [5.74, 6) is -2.63. The van der Waals surface area contributed by atoms with Gasteiger partial charge in [0.25, 0.3) is 11.8 Å². The number of thioether (sulfide) groups is 2. The maximum Gasteiger partial charge on any atom is 0.274 e. The number of nitrogens with one attached hydrogen (secondary N) is 4. The summed E-state index contributed by atoms with van der Waals surface area (Å²) in [6, 6.07) is 5.55. The van der Waals surface area contributed by atoms with Crippen molar-refractivity contribution in [1.29, 1.82) is 0 Å². The number of nitrogens with zero attached hydrogens (tertiary/aromatic N) is 4. The van der Waals surface area contributed by atoms with E-state index in [0.717, 1.165) is 36.7 Å². The molecule has 0 aliphatic heterocycles. The molecule has 21 heteroatoms. The highest BCUT2D eigenvalue weighted by atomic mass is 32.2. The quantitative estimate of drug-likeness (QED) is 0.0286. The third-order valence-corrected chi connectivity index (χ3v) is 9.94. The van der Waals surface area contributed by atoms with Crippen LogP contribution in [0.1, 0.15) is 72.8 Å². The molecule has 0 atom stereocenters. The largest absolute Gasteiger partial charge is 0.387 e. The molecule has 1 heterocycles. The van der Waals surface area contributed by atoms with Crippen LogP contribution in [-0.2, 0) is 9.59 Å². The Kier molecular flexibility index (Phi) is 19.6. The van der Waals surface area contributed by atoms with Crippen LogP contribution < -0.4 is 49.9 Å². The lowest BCUT2D eigenvalue weighted by molar-refractivity contribution is -0.117. The van der Waals surface area contributed by atoms with Crippen LogP contribution in [0.25, 0.3) is 0 Å². The summed E-state index contributed by atoms with van der Waals surface area (Å²) in [5.41, 5.74) is 27.6. The SMILES string of the molecule is CCC(N)=NCCCCC(=O)Nc1cc(F)cc(NC(=O)c2cc(C(=O)Nc3cc(F)cc(NC(=O)CCCCN=C(N)N)c3SCCN)ncn2)c1SCCN. The average molecular weight is 830 g/mol. The molecule has 0 bridgehead atoms. The van der Waals surface area contributed by atoms with Crippen molar-refractivity contribution in [2.75, 3.05) is 59.0 Å². The molecule has 3 aromatic rings. The number of carbonyl (C=O) groups excluding carboxylic acids is 4. The normalized spacial score (nSPS) is 11.1. The van der Waals surface area contributed by atoms with Gasteiger partial charge in [0.1, 0.15) is 29.3 Å². The zero-order valence-electron chi connectivity index (χ0n) is 31.5. The third-order valence-electron chi connectivity index (χ3n) is 7.61. The molecule has 0 saturated carbocycles. The fourth-order valence-electron chi connectivity index (χ4n) is 4.93. The van der Waals surface area contributed by atoms with Crippen LogP contribution in [0.3, 0.4) is 0 Å². The molecule has 0 saturated heterocycles. The van der Waals surface area contributed by atoms with Gasteiger partial charge in [-0.15, -0.1) is 23.5 Å². The van der Waals surface area contributed by atoms with E-state index >= 15 is 0 Å².